The maximum atomic E-state index is 5.36. The zero-order valence-corrected chi connectivity index (χ0v) is 8.94. The molecular formula is C6H10Br2N2. The van der Waals surface area contributed by atoms with Gasteiger partial charge in [-0.2, -0.15) is 0 Å². The van der Waals surface area contributed by atoms with Gasteiger partial charge in [0.05, 0.1) is 0 Å². The second-order valence-electron chi connectivity index (χ2n) is 1.88. The van der Waals surface area contributed by atoms with Crippen molar-refractivity contribution in [1.29, 1.82) is 0 Å². The summed E-state index contributed by atoms with van der Waals surface area (Å²) in [6.07, 6.45) is 1.75. The fraction of sp³-hybridized carbons (Fsp3) is 0.333. The van der Waals surface area contributed by atoms with Gasteiger partial charge in [0.1, 0.15) is 0 Å². The van der Waals surface area contributed by atoms with E-state index in [9.17, 15) is 0 Å². The molecule has 0 bridgehead atoms. The Morgan fingerprint density at radius 2 is 2.30 bits per heavy atom. The third-order valence-electron chi connectivity index (χ3n) is 0.816. The molecule has 0 aliphatic rings. The van der Waals surface area contributed by atoms with Gasteiger partial charge in [-0.3, -0.25) is 0 Å². The van der Waals surface area contributed by atoms with Crippen LogP contribution in [-0.2, 0) is 0 Å². The summed E-state index contributed by atoms with van der Waals surface area (Å²) in [5.41, 5.74) is 0.970. The average Bonchev–Trinajstić information content (AvgIpc) is 1.85. The summed E-state index contributed by atoms with van der Waals surface area (Å²) in [5.74, 6) is 5.36. The lowest BCUT2D eigenvalue weighted by atomic mass is 10.3. The first kappa shape index (κ1) is 10.2. The predicted octanol–water partition coefficient (Wildman–Crippen LogP) is 1.98. The zero-order chi connectivity index (χ0) is 8.15. The van der Waals surface area contributed by atoms with Crippen LogP contribution in [0.3, 0.4) is 0 Å². The molecule has 58 valence electrons. The average molecular weight is 270 g/mol. The van der Waals surface area contributed by atoms with Crippen molar-refractivity contribution in [2.75, 3.05) is 12.4 Å². The normalized spacial score (nSPS) is 11.4. The molecule has 0 rings (SSSR count). The third kappa shape index (κ3) is 4.09. The second-order valence-corrected chi connectivity index (χ2v) is 3.29. The van der Waals surface area contributed by atoms with Crippen LogP contribution in [0.1, 0.15) is 0 Å². The number of nitrogens with zero attached hydrogens (tertiary/aromatic N) is 1. The summed E-state index contributed by atoms with van der Waals surface area (Å²) < 4.78 is 0.911. The van der Waals surface area contributed by atoms with Crippen molar-refractivity contribution >= 4 is 31.9 Å². The van der Waals surface area contributed by atoms with E-state index >= 15 is 0 Å². The first-order valence-corrected chi connectivity index (χ1v) is 4.58. The minimum absolute atomic E-state index is 0.748. The van der Waals surface area contributed by atoms with Crippen LogP contribution in [0.25, 0.3) is 0 Å². The van der Waals surface area contributed by atoms with Crippen molar-refractivity contribution < 1.29 is 0 Å². The third-order valence-corrected chi connectivity index (χ3v) is 2.26. The molecule has 0 aromatic carbocycles. The van der Waals surface area contributed by atoms with Crippen LogP contribution in [0, 0.1) is 0 Å². The van der Waals surface area contributed by atoms with Crippen LogP contribution in [0.15, 0.2) is 22.8 Å². The van der Waals surface area contributed by atoms with Crippen LogP contribution in [-0.4, -0.2) is 17.4 Å². The Kier molecular flexibility index (Phi) is 5.03. The molecule has 0 saturated carbocycles. The molecule has 4 heteroatoms. The van der Waals surface area contributed by atoms with Gasteiger partial charge in [0.25, 0.3) is 0 Å². The van der Waals surface area contributed by atoms with Gasteiger partial charge >= 0.3 is 0 Å². The molecule has 0 amide bonds. The van der Waals surface area contributed by atoms with Gasteiger partial charge in [0.2, 0.25) is 0 Å². The Morgan fingerprint density at radius 3 is 2.60 bits per heavy atom. The quantitative estimate of drug-likeness (QED) is 0.367. The number of rotatable bonds is 3. The van der Waals surface area contributed by atoms with Gasteiger partial charge in [0, 0.05) is 23.1 Å². The Hall–Kier alpha value is 0.200. The highest BCUT2D eigenvalue weighted by atomic mass is 79.9. The summed E-state index contributed by atoms with van der Waals surface area (Å²) in [4.78, 5) is 0. The van der Waals surface area contributed by atoms with Crippen LogP contribution < -0.4 is 5.84 Å². The number of hydrogen-bond acceptors (Lipinski definition) is 2. The first-order chi connectivity index (χ1) is 4.57. The molecule has 2 nitrogen and oxygen atoms in total. The number of alkyl halides is 1. The summed E-state index contributed by atoms with van der Waals surface area (Å²) in [6.45, 7) is 3.78. The Morgan fingerprint density at radius 1 is 1.80 bits per heavy atom. The number of halogens is 2. The topological polar surface area (TPSA) is 29.3 Å². The van der Waals surface area contributed by atoms with Crippen LogP contribution in [0.2, 0.25) is 0 Å². The lowest BCUT2D eigenvalue weighted by Crippen LogP contribution is -2.19. The Bertz CT molecular complexity index is 152. The molecule has 0 saturated heterocycles. The van der Waals surface area contributed by atoms with Gasteiger partial charge < -0.3 is 5.01 Å². The molecule has 0 aromatic heterocycles. The van der Waals surface area contributed by atoms with E-state index in [1.807, 2.05) is 0 Å². The molecule has 0 heterocycles. The fourth-order valence-electron chi connectivity index (χ4n) is 0.334. The SMILES string of the molecule is C=C(CBr)/C(Br)=C\N(C)N. The van der Waals surface area contributed by atoms with E-state index in [0.29, 0.717) is 0 Å². The van der Waals surface area contributed by atoms with Crippen molar-refractivity contribution in [3.63, 3.8) is 0 Å². The largest absolute Gasteiger partial charge is 0.320 e. The van der Waals surface area contributed by atoms with Crippen molar-refractivity contribution in [1.82, 2.24) is 5.01 Å². The molecule has 0 aliphatic heterocycles. The van der Waals surface area contributed by atoms with E-state index in [1.54, 1.807) is 13.2 Å². The number of allylic oxidation sites excluding steroid dienone is 2. The lowest BCUT2D eigenvalue weighted by molar-refractivity contribution is 0.484. The van der Waals surface area contributed by atoms with Gasteiger partial charge in [-0.15, -0.1) is 0 Å². The number of hydrazine groups is 1. The highest BCUT2D eigenvalue weighted by Crippen LogP contribution is 2.16. The first-order valence-electron chi connectivity index (χ1n) is 2.67. The van der Waals surface area contributed by atoms with Crippen molar-refractivity contribution in [2.24, 2.45) is 5.84 Å². The Labute approximate surface area is 78.0 Å². The molecule has 0 atom stereocenters. The molecule has 2 N–H and O–H groups in total. The molecule has 0 radical (unpaired) electrons. The molecule has 0 spiro atoms. The standard InChI is InChI=1S/C6H10Br2N2/c1-5(3-7)6(8)4-10(2)9/h4H,1,3,9H2,2H3/b6-4+. The lowest BCUT2D eigenvalue weighted by Gasteiger charge is -2.06. The van der Waals surface area contributed by atoms with E-state index in [2.05, 4.69) is 38.4 Å². The summed E-state index contributed by atoms with van der Waals surface area (Å²) in [7, 11) is 1.75. The molecule has 0 fully saturated rings. The molecule has 0 unspecified atom stereocenters. The molecular weight excluding hydrogens is 260 g/mol. The van der Waals surface area contributed by atoms with E-state index < -0.39 is 0 Å². The van der Waals surface area contributed by atoms with E-state index in [0.717, 1.165) is 15.4 Å². The van der Waals surface area contributed by atoms with E-state index in [4.69, 9.17) is 5.84 Å². The highest BCUT2D eigenvalue weighted by molar-refractivity contribution is 9.12. The molecule has 0 aliphatic carbocycles. The second kappa shape index (κ2) is 4.93. The summed E-state index contributed by atoms with van der Waals surface area (Å²) in [5, 5.41) is 2.22. The zero-order valence-electron chi connectivity index (χ0n) is 5.77. The van der Waals surface area contributed by atoms with Crippen LogP contribution >= 0.6 is 31.9 Å². The van der Waals surface area contributed by atoms with Crippen LogP contribution in [0.5, 0.6) is 0 Å². The van der Waals surface area contributed by atoms with E-state index in [1.165, 1.54) is 5.01 Å². The van der Waals surface area contributed by atoms with Gasteiger partial charge in [-0.1, -0.05) is 22.5 Å². The smallest absolute Gasteiger partial charge is 0.0383 e. The van der Waals surface area contributed by atoms with E-state index in [-0.39, 0.29) is 0 Å². The van der Waals surface area contributed by atoms with Gasteiger partial charge in [-0.05, 0) is 21.5 Å². The molecule has 0 aromatic rings. The predicted molar refractivity (Wildman–Crippen MR) is 51.9 cm³/mol. The molecule has 10 heavy (non-hydrogen) atoms. The van der Waals surface area contributed by atoms with Crippen LogP contribution in [0.4, 0.5) is 0 Å². The number of nitrogens with two attached hydrogens (primary N) is 1. The van der Waals surface area contributed by atoms with Crippen molar-refractivity contribution in [3.8, 4) is 0 Å². The van der Waals surface area contributed by atoms with Crippen molar-refractivity contribution in [3.05, 3.63) is 22.8 Å². The maximum Gasteiger partial charge on any atom is 0.0383 e. The minimum atomic E-state index is 0.748. The van der Waals surface area contributed by atoms with Gasteiger partial charge in [-0.25, -0.2) is 5.84 Å². The number of hydrogen-bond donors (Lipinski definition) is 1. The summed E-state index contributed by atoms with van der Waals surface area (Å²) in [6, 6.07) is 0. The van der Waals surface area contributed by atoms with Crippen molar-refractivity contribution in [2.45, 2.75) is 0 Å². The fourth-order valence-corrected chi connectivity index (χ4v) is 1.48. The van der Waals surface area contributed by atoms with Gasteiger partial charge in [0.15, 0.2) is 0 Å². The minimum Gasteiger partial charge on any atom is -0.320 e. The maximum absolute atomic E-state index is 5.36. The summed E-state index contributed by atoms with van der Waals surface area (Å²) >= 11 is 6.59. The monoisotopic (exact) mass is 268 g/mol. The highest BCUT2D eigenvalue weighted by Gasteiger charge is 1.95. The Balaban J connectivity index is 4.05.